The van der Waals surface area contributed by atoms with E-state index in [1.165, 1.54) is 12.0 Å². The molecule has 0 radical (unpaired) electrons. The highest BCUT2D eigenvalue weighted by Gasteiger charge is 2.06. The van der Waals surface area contributed by atoms with E-state index in [-0.39, 0.29) is 5.54 Å². The van der Waals surface area contributed by atoms with Crippen LogP contribution in [0.25, 0.3) is 0 Å². The molecule has 3 nitrogen and oxygen atoms in total. The summed E-state index contributed by atoms with van der Waals surface area (Å²) in [6, 6.07) is 14.1. The number of aryl methyl sites for hydroxylation is 2. The zero-order valence-corrected chi connectivity index (χ0v) is 14.5. The topological polar surface area (TPSA) is 34.0 Å². The van der Waals surface area contributed by atoms with Crippen LogP contribution in [0.4, 0.5) is 5.69 Å². The Morgan fingerprint density at radius 1 is 0.913 bits per heavy atom. The number of nitrogens with zero attached hydrogens (tertiary/aromatic N) is 2. The molecule has 2 aromatic carbocycles. The number of rotatable bonds is 4. The van der Waals surface area contributed by atoms with E-state index in [1.54, 1.807) is 0 Å². The van der Waals surface area contributed by atoms with Crippen LogP contribution >= 0.6 is 0 Å². The molecule has 2 rings (SSSR count). The van der Waals surface area contributed by atoms with Gasteiger partial charge in [-0.3, -0.25) is 9.98 Å². The zero-order chi connectivity index (χ0) is 16.9. The van der Waals surface area contributed by atoms with Gasteiger partial charge in [-0.05, 0) is 58.9 Å². The maximum absolute atomic E-state index is 5.69. The van der Waals surface area contributed by atoms with Crippen molar-refractivity contribution >= 4 is 18.3 Å². The molecule has 0 bridgehead atoms. The van der Waals surface area contributed by atoms with Crippen LogP contribution < -0.4 is 4.74 Å². The summed E-state index contributed by atoms with van der Waals surface area (Å²) in [4.78, 5) is 8.88. The first kappa shape index (κ1) is 16.9. The Balaban J connectivity index is 2.21. The minimum atomic E-state index is -0.152. The Hall–Kier alpha value is -2.42. The molecule has 0 saturated carbocycles. The van der Waals surface area contributed by atoms with Crippen molar-refractivity contribution in [3.63, 3.8) is 0 Å². The summed E-state index contributed by atoms with van der Waals surface area (Å²) < 4.78 is 5.69. The molecule has 0 fully saturated rings. The molecule has 0 atom stereocenters. The molecule has 0 heterocycles. The van der Waals surface area contributed by atoms with Crippen LogP contribution in [0.1, 0.15) is 37.5 Å². The van der Waals surface area contributed by atoms with E-state index in [4.69, 9.17) is 4.74 Å². The Labute approximate surface area is 138 Å². The highest BCUT2D eigenvalue weighted by Crippen LogP contribution is 2.20. The number of benzene rings is 2. The second-order valence-electron chi connectivity index (χ2n) is 6.66. The Morgan fingerprint density at radius 2 is 1.57 bits per heavy atom. The lowest BCUT2D eigenvalue weighted by molar-refractivity contribution is 0.528. The summed E-state index contributed by atoms with van der Waals surface area (Å²) in [5, 5.41) is 0. The molecule has 0 spiro atoms. The molecule has 0 unspecified atom stereocenters. The third kappa shape index (κ3) is 5.70. The van der Waals surface area contributed by atoms with Gasteiger partial charge in [0.05, 0.1) is 11.2 Å². The highest BCUT2D eigenvalue weighted by molar-refractivity contribution is 5.86. The lowest BCUT2D eigenvalue weighted by atomic mass is 10.1. The van der Waals surface area contributed by atoms with Crippen LogP contribution in [-0.4, -0.2) is 18.2 Å². The average molecular weight is 308 g/mol. The molecule has 0 aliphatic rings. The van der Waals surface area contributed by atoms with Gasteiger partial charge in [-0.1, -0.05) is 29.3 Å². The van der Waals surface area contributed by atoms with Gasteiger partial charge in [-0.2, -0.15) is 0 Å². The standard InChI is InChI=1S/C20H24N2O/c1-15-6-9-18(10-7-15)21-13-17-12-16(2)8-11-19(17)23-14-22-20(3,4)5/h6-14H,1-5H3. The van der Waals surface area contributed by atoms with Gasteiger partial charge in [0.2, 0.25) is 0 Å². The molecule has 0 aliphatic heterocycles. The van der Waals surface area contributed by atoms with Crippen molar-refractivity contribution < 1.29 is 4.74 Å². The van der Waals surface area contributed by atoms with Crippen molar-refractivity contribution in [3.05, 3.63) is 59.2 Å². The SMILES string of the molecule is Cc1ccc(N=Cc2cc(C)ccc2OC=NC(C)(C)C)cc1. The van der Waals surface area contributed by atoms with Crippen LogP contribution in [0.15, 0.2) is 52.4 Å². The lowest BCUT2D eigenvalue weighted by Gasteiger charge is -2.11. The Morgan fingerprint density at radius 3 is 2.22 bits per heavy atom. The van der Waals surface area contributed by atoms with E-state index in [2.05, 4.69) is 42.0 Å². The lowest BCUT2D eigenvalue weighted by Crippen LogP contribution is -2.11. The van der Waals surface area contributed by atoms with Crippen LogP contribution in [0.3, 0.4) is 0 Å². The molecule has 0 saturated heterocycles. The van der Waals surface area contributed by atoms with Crippen molar-refractivity contribution in [1.82, 2.24) is 0 Å². The monoisotopic (exact) mass is 308 g/mol. The van der Waals surface area contributed by atoms with E-state index in [0.29, 0.717) is 0 Å². The molecule has 120 valence electrons. The van der Waals surface area contributed by atoms with Gasteiger partial charge in [-0.15, -0.1) is 0 Å². The van der Waals surface area contributed by atoms with E-state index in [1.807, 2.05) is 51.3 Å². The molecular formula is C20H24N2O. The van der Waals surface area contributed by atoms with Crippen molar-refractivity contribution in [3.8, 4) is 5.75 Å². The minimum absolute atomic E-state index is 0.152. The number of hydrogen-bond acceptors (Lipinski definition) is 3. The summed E-state index contributed by atoms with van der Waals surface area (Å²) >= 11 is 0. The second kappa shape index (κ2) is 7.23. The molecular weight excluding hydrogens is 284 g/mol. The third-order valence-corrected chi connectivity index (χ3v) is 3.17. The predicted octanol–water partition coefficient (Wildman–Crippen LogP) is 5.26. The van der Waals surface area contributed by atoms with E-state index in [0.717, 1.165) is 22.6 Å². The molecule has 0 amide bonds. The number of hydrogen-bond donors (Lipinski definition) is 0. The normalized spacial score (nSPS) is 12.2. The maximum atomic E-state index is 5.69. The van der Waals surface area contributed by atoms with Crippen LogP contribution in [-0.2, 0) is 0 Å². The van der Waals surface area contributed by atoms with Gasteiger partial charge in [-0.25, -0.2) is 0 Å². The van der Waals surface area contributed by atoms with Crippen LogP contribution in [0.2, 0.25) is 0 Å². The second-order valence-corrected chi connectivity index (χ2v) is 6.66. The fraction of sp³-hybridized carbons (Fsp3) is 0.300. The van der Waals surface area contributed by atoms with Crippen molar-refractivity contribution in [2.75, 3.05) is 0 Å². The van der Waals surface area contributed by atoms with Crippen molar-refractivity contribution in [2.45, 2.75) is 40.2 Å². The maximum Gasteiger partial charge on any atom is 0.177 e. The Bertz CT molecular complexity index is 707. The molecule has 23 heavy (non-hydrogen) atoms. The van der Waals surface area contributed by atoms with E-state index >= 15 is 0 Å². The summed E-state index contributed by atoms with van der Waals surface area (Å²) in [5.74, 6) is 0.750. The third-order valence-electron chi connectivity index (χ3n) is 3.17. The summed E-state index contributed by atoms with van der Waals surface area (Å²) in [7, 11) is 0. The average Bonchev–Trinajstić information content (AvgIpc) is 2.47. The Kier molecular flexibility index (Phi) is 5.32. The molecule has 0 aromatic heterocycles. The van der Waals surface area contributed by atoms with Gasteiger partial charge in [0.25, 0.3) is 0 Å². The first-order valence-electron chi connectivity index (χ1n) is 7.75. The van der Waals surface area contributed by atoms with Gasteiger partial charge < -0.3 is 4.74 Å². The quantitative estimate of drug-likeness (QED) is 0.560. The summed E-state index contributed by atoms with van der Waals surface area (Å²) in [6.07, 6.45) is 3.34. The number of ether oxygens (including phenoxy) is 1. The summed E-state index contributed by atoms with van der Waals surface area (Å²) in [5.41, 5.74) is 4.09. The first-order valence-corrected chi connectivity index (χ1v) is 7.75. The predicted molar refractivity (Wildman–Crippen MR) is 98.5 cm³/mol. The molecule has 0 N–H and O–H groups in total. The van der Waals surface area contributed by atoms with Gasteiger partial charge in [0, 0.05) is 11.8 Å². The largest absolute Gasteiger partial charge is 0.445 e. The highest BCUT2D eigenvalue weighted by atomic mass is 16.5. The van der Waals surface area contributed by atoms with Gasteiger partial charge >= 0.3 is 0 Å². The van der Waals surface area contributed by atoms with Gasteiger partial charge in [0.1, 0.15) is 5.75 Å². The van der Waals surface area contributed by atoms with Crippen molar-refractivity contribution in [1.29, 1.82) is 0 Å². The number of aliphatic imine (C=N–C) groups is 2. The van der Waals surface area contributed by atoms with E-state index in [9.17, 15) is 0 Å². The fourth-order valence-corrected chi connectivity index (χ4v) is 1.89. The first-order chi connectivity index (χ1) is 10.8. The van der Waals surface area contributed by atoms with Crippen molar-refractivity contribution in [2.24, 2.45) is 9.98 Å². The molecule has 2 aromatic rings. The summed E-state index contributed by atoms with van der Waals surface area (Å²) in [6.45, 7) is 10.2. The smallest absolute Gasteiger partial charge is 0.177 e. The van der Waals surface area contributed by atoms with Crippen LogP contribution in [0.5, 0.6) is 5.75 Å². The molecule has 3 heteroatoms. The van der Waals surface area contributed by atoms with E-state index < -0.39 is 0 Å². The fourth-order valence-electron chi connectivity index (χ4n) is 1.89. The van der Waals surface area contributed by atoms with Gasteiger partial charge in [0.15, 0.2) is 6.40 Å². The zero-order valence-electron chi connectivity index (χ0n) is 14.5. The minimum Gasteiger partial charge on any atom is -0.445 e. The van der Waals surface area contributed by atoms with Crippen LogP contribution in [0, 0.1) is 13.8 Å². The molecule has 0 aliphatic carbocycles.